The highest BCUT2D eigenvalue weighted by atomic mass is 32.2. The van der Waals surface area contributed by atoms with Crippen LogP contribution in [0.1, 0.15) is 19.5 Å². The number of aliphatic hydroxyl groups is 1. The summed E-state index contributed by atoms with van der Waals surface area (Å²) in [4.78, 5) is 4.63. The number of aromatic nitrogens is 2. The number of nitrogens with one attached hydrogen (secondary N) is 1. The number of imidazole rings is 1. The summed E-state index contributed by atoms with van der Waals surface area (Å²) in [7, 11) is 1.93. The molecule has 2 N–H and O–H groups in total. The molecule has 0 saturated heterocycles. The fourth-order valence-corrected chi connectivity index (χ4v) is 2.72. The minimum absolute atomic E-state index is 0.130. The van der Waals surface area contributed by atoms with Crippen molar-refractivity contribution in [2.75, 3.05) is 7.05 Å². The second kappa shape index (κ2) is 5.73. The molecule has 2 heterocycles. The summed E-state index contributed by atoms with van der Waals surface area (Å²) < 4.78 is 2.09. The van der Waals surface area contributed by atoms with Gasteiger partial charge in [-0.1, -0.05) is 24.8 Å². The van der Waals surface area contributed by atoms with Crippen molar-refractivity contribution in [3.63, 3.8) is 0 Å². The Balaban J connectivity index is 2.39. The minimum atomic E-state index is -0.345. The molecular formula is C13H19N3OS. The molecule has 4 nitrogen and oxygen atoms in total. The Bertz CT molecular complexity index is 524. The fourth-order valence-electron chi connectivity index (χ4n) is 1.72. The van der Waals surface area contributed by atoms with Gasteiger partial charge in [-0.05, 0) is 26.1 Å². The van der Waals surface area contributed by atoms with Gasteiger partial charge in [0.05, 0.1) is 11.8 Å². The van der Waals surface area contributed by atoms with Gasteiger partial charge < -0.3 is 14.8 Å². The molecule has 2 rings (SSSR count). The molecule has 0 aliphatic carbocycles. The molecule has 0 aliphatic rings. The van der Waals surface area contributed by atoms with Gasteiger partial charge in [0.2, 0.25) is 0 Å². The van der Waals surface area contributed by atoms with Crippen molar-refractivity contribution in [1.82, 2.24) is 14.7 Å². The van der Waals surface area contributed by atoms with E-state index in [4.69, 9.17) is 0 Å². The predicted molar refractivity (Wildman–Crippen MR) is 75.0 cm³/mol. The first-order valence-electron chi connectivity index (χ1n) is 6.08. The van der Waals surface area contributed by atoms with Gasteiger partial charge in [-0.2, -0.15) is 0 Å². The number of fused-ring (bicyclic) bond motifs is 1. The summed E-state index contributed by atoms with van der Waals surface area (Å²) in [6.07, 6.45) is 1.67. The van der Waals surface area contributed by atoms with Crippen molar-refractivity contribution >= 4 is 17.4 Å². The summed E-state index contributed by atoms with van der Waals surface area (Å²) in [6, 6.07) is 5.98. The van der Waals surface area contributed by atoms with Crippen molar-refractivity contribution in [3.05, 3.63) is 30.1 Å². The number of hydrogen-bond acceptors (Lipinski definition) is 4. The Morgan fingerprint density at radius 1 is 1.44 bits per heavy atom. The molecule has 2 aromatic heterocycles. The average molecular weight is 265 g/mol. The van der Waals surface area contributed by atoms with Crippen LogP contribution in [-0.4, -0.2) is 32.9 Å². The summed E-state index contributed by atoms with van der Waals surface area (Å²) in [6.45, 7) is 4.59. The first-order chi connectivity index (χ1) is 8.63. The van der Waals surface area contributed by atoms with E-state index in [1.165, 1.54) is 0 Å². The van der Waals surface area contributed by atoms with Gasteiger partial charge in [-0.3, -0.25) is 0 Å². The number of pyridine rings is 1. The highest BCUT2D eigenvalue weighted by Gasteiger charge is 2.17. The van der Waals surface area contributed by atoms with Crippen LogP contribution in [0.2, 0.25) is 0 Å². The fraction of sp³-hybridized carbons (Fsp3) is 0.462. The lowest BCUT2D eigenvalue weighted by molar-refractivity contribution is 0.196. The summed E-state index contributed by atoms with van der Waals surface area (Å²) in [5, 5.41) is 13.9. The Labute approximate surface area is 111 Å². The molecule has 0 amide bonds. The van der Waals surface area contributed by atoms with Crippen molar-refractivity contribution in [3.8, 4) is 0 Å². The Hall–Kier alpha value is -1.04. The highest BCUT2D eigenvalue weighted by Crippen LogP contribution is 2.28. The van der Waals surface area contributed by atoms with Crippen molar-refractivity contribution in [2.24, 2.45) is 0 Å². The van der Waals surface area contributed by atoms with Crippen LogP contribution < -0.4 is 5.32 Å². The van der Waals surface area contributed by atoms with Crippen LogP contribution >= 0.6 is 11.8 Å². The molecular weight excluding hydrogens is 246 g/mol. The third-order valence-electron chi connectivity index (χ3n) is 2.91. The van der Waals surface area contributed by atoms with Crippen LogP contribution in [0.15, 0.2) is 29.4 Å². The third-order valence-corrected chi connectivity index (χ3v) is 4.23. The topological polar surface area (TPSA) is 49.6 Å². The molecule has 0 spiro atoms. The van der Waals surface area contributed by atoms with E-state index in [-0.39, 0.29) is 11.4 Å². The zero-order chi connectivity index (χ0) is 13.1. The molecule has 0 aromatic carbocycles. The van der Waals surface area contributed by atoms with Gasteiger partial charge in [-0.25, -0.2) is 4.98 Å². The van der Waals surface area contributed by atoms with Gasteiger partial charge in [-0.15, -0.1) is 0 Å². The molecule has 5 heteroatoms. The quantitative estimate of drug-likeness (QED) is 0.811. The monoisotopic (exact) mass is 265 g/mol. The zero-order valence-electron chi connectivity index (χ0n) is 10.9. The third kappa shape index (κ3) is 2.68. The molecule has 2 unspecified atom stereocenters. The van der Waals surface area contributed by atoms with Gasteiger partial charge in [0.25, 0.3) is 0 Å². The van der Waals surface area contributed by atoms with E-state index in [2.05, 4.69) is 14.7 Å². The van der Waals surface area contributed by atoms with Crippen LogP contribution in [-0.2, 0) is 6.54 Å². The average Bonchev–Trinajstić information content (AvgIpc) is 2.68. The Morgan fingerprint density at radius 3 is 2.89 bits per heavy atom. The predicted octanol–water partition coefficient (Wildman–Crippen LogP) is 1.92. The molecule has 2 atom stereocenters. The van der Waals surface area contributed by atoms with Crippen molar-refractivity contribution in [1.29, 1.82) is 0 Å². The summed E-state index contributed by atoms with van der Waals surface area (Å²) in [5.41, 5.74) is 2.09. The maximum absolute atomic E-state index is 9.61. The van der Waals surface area contributed by atoms with E-state index in [9.17, 15) is 5.11 Å². The maximum Gasteiger partial charge on any atom is 0.138 e. The number of nitrogens with zero attached hydrogens (tertiary/aromatic N) is 2. The van der Waals surface area contributed by atoms with E-state index in [1.54, 1.807) is 11.8 Å². The number of aliphatic hydroxyl groups excluding tert-OH is 1. The van der Waals surface area contributed by atoms with Crippen LogP contribution in [0.25, 0.3) is 5.65 Å². The molecule has 0 saturated carbocycles. The first-order valence-corrected chi connectivity index (χ1v) is 6.96. The van der Waals surface area contributed by atoms with Gasteiger partial charge in [0.15, 0.2) is 0 Å². The lowest BCUT2D eigenvalue weighted by Gasteiger charge is -2.13. The molecule has 0 fully saturated rings. The van der Waals surface area contributed by atoms with Gasteiger partial charge in [0, 0.05) is 18.0 Å². The van der Waals surface area contributed by atoms with E-state index in [0.29, 0.717) is 0 Å². The van der Waals surface area contributed by atoms with Crippen LogP contribution in [0.5, 0.6) is 0 Å². The van der Waals surface area contributed by atoms with Crippen LogP contribution in [0.4, 0.5) is 0 Å². The highest BCUT2D eigenvalue weighted by molar-refractivity contribution is 7.99. The zero-order valence-corrected chi connectivity index (χ0v) is 11.7. The summed E-state index contributed by atoms with van der Waals surface area (Å²) in [5.74, 6) is 0. The van der Waals surface area contributed by atoms with Crippen LogP contribution in [0, 0.1) is 0 Å². The number of hydrogen-bond donors (Lipinski definition) is 2. The molecule has 18 heavy (non-hydrogen) atoms. The smallest absolute Gasteiger partial charge is 0.138 e. The molecule has 98 valence electrons. The van der Waals surface area contributed by atoms with Crippen molar-refractivity contribution in [2.45, 2.75) is 36.8 Å². The standard InChI is InChI=1S/C13H19N3OS/c1-9(17)10(2)18-13-11(8-14-3)16-7-5-4-6-12(16)15-13/h4-7,9-10,14,17H,8H2,1-3H3. The summed E-state index contributed by atoms with van der Waals surface area (Å²) >= 11 is 1.62. The second-order valence-corrected chi connectivity index (χ2v) is 5.75. The first kappa shape index (κ1) is 13.4. The lowest BCUT2D eigenvalue weighted by Crippen LogP contribution is -2.16. The largest absolute Gasteiger partial charge is 0.392 e. The van der Waals surface area contributed by atoms with Crippen molar-refractivity contribution < 1.29 is 5.11 Å². The lowest BCUT2D eigenvalue weighted by atomic mass is 10.3. The van der Waals surface area contributed by atoms with Gasteiger partial charge in [0.1, 0.15) is 10.7 Å². The van der Waals surface area contributed by atoms with Crippen LogP contribution in [0.3, 0.4) is 0 Å². The SMILES string of the molecule is CNCc1c(SC(C)C(C)O)nc2ccccn12. The van der Waals surface area contributed by atoms with Gasteiger partial charge >= 0.3 is 0 Å². The second-order valence-electron chi connectivity index (χ2n) is 4.39. The van der Waals surface area contributed by atoms with E-state index >= 15 is 0 Å². The molecule has 2 aromatic rings. The number of rotatable bonds is 5. The van der Waals surface area contributed by atoms with E-state index in [1.807, 2.05) is 45.3 Å². The Kier molecular flexibility index (Phi) is 4.27. The minimum Gasteiger partial charge on any atom is -0.392 e. The normalized spacial score (nSPS) is 14.9. The van der Waals surface area contributed by atoms with E-state index in [0.717, 1.165) is 22.9 Å². The molecule has 0 radical (unpaired) electrons. The molecule has 0 bridgehead atoms. The number of thioether (sulfide) groups is 1. The Morgan fingerprint density at radius 2 is 2.22 bits per heavy atom. The van der Waals surface area contributed by atoms with E-state index < -0.39 is 0 Å². The molecule has 0 aliphatic heterocycles. The maximum atomic E-state index is 9.61.